The first-order valence-electron chi connectivity index (χ1n) is 6.12. The van der Waals surface area contributed by atoms with Crippen molar-refractivity contribution in [3.63, 3.8) is 0 Å². The van der Waals surface area contributed by atoms with Crippen molar-refractivity contribution < 1.29 is 18.3 Å². The van der Waals surface area contributed by atoms with E-state index in [1.807, 2.05) is 13.8 Å². The van der Waals surface area contributed by atoms with Crippen molar-refractivity contribution >= 4 is 0 Å². The molecular formula is C14H15F3O. The highest BCUT2D eigenvalue weighted by molar-refractivity contribution is 5.49. The molecule has 1 aromatic carbocycles. The van der Waals surface area contributed by atoms with Gasteiger partial charge in [0.05, 0.1) is 11.2 Å². The quantitative estimate of drug-likeness (QED) is 0.748. The summed E-state index contributed by atoms with van der Waals surface area (Å²) in [4.78, 5) is 0. The van der Waals surface area contributed by atoms with Crippen LogP contribution in [-0.2, 0) is 11.8 Å². The molecule has 0 heterocycles. The summed E-state index contributed by atoms with van der Waals surface area (Å²) in [7, 11) is 0. The average Bonchev–Trinajstić information content (AvgIpc) is 2.58. The number of hydrogen-bond acceptors (Lipinski definition) is 1. The Morgan fingerprint density at radius 2 is 1.94 bits per heavy atom. The van der Waals surface area contributed by atoms with Crippen molar-refractivity contribution in [2.75, 3.05) is 0 Å². The molecule has 1 aromatic rings. The van der Waals surface area contributed by atoms with Crippen molar-refractivity contribution in [3.8, 4) is 0 Å². The van der Waals surface area contributed by atoms with Gasteiger partial charge in [0.1, 0.15) is 0 Å². The number of rotatable bonds is 0. The molecule has 1 saturated carbocycles. The zero-order valence-corrected chi connectivity index (χ0v) is 10.3. The third-order valence-corrected chi connectivity index (χ3v) is 4.93. The number of alkyl halides is 3. The highest BCUT2D eigenvalue weighted by Gasteiger charge is 2.61. The SMILES string of the molecule is CC1(C)C2CCC1(O)c1cc(C(F)(F)F)ccc12. The fourth-order valence-corrected chi connectivity index (χ4v) is 3.75. The van der Waals surface area contributed by atoms with Crippen LogP contribution >= 0.6 is 0 Å². The minimum atomic E-state index is -4.35. The zero-order valence-electron chi connectivity index (χ0n) is 10.3. The molecule has 0 amide bonds. The normalized spacial score (nSPS) is 32.7. The molecule has 2 aliphatic rings. The molecule has 98 valence electrons. The van der Waals surface area contributed by atoms with Gasteiger partial charge in [-0.2, -0.15) is 13.2 Å². The van der Waals surface area contributed by atoms with Crippen molar-refractivity contribution in [1.82, 2.24) is 0 Å². The van der Waals surface area contributed by atoms with E-state index >= 15 is 0 Å². The lowest BCUT2D eigenvalue weighted by molar-refractivity contribution is -0.137. The van der Waals surface area contributed by atoms with E-state index < -0.39 is 17.3 Å². The Kier molecular flexibility index (Phi) is 2.07. The molecule has 1 fully saturated rings. The highest BCUT2D eigenvalue weighted by atomic mass is 19.4. The van der Waals surface area contributed by atoms with E-state index in [-0.39, 0.29) is 11.3 Å². The Bertz CT molecular complexity index is 518. The first-order chi connectivity index (χ1) is 8.18. The fraction of sp³-hybridized carbons (Fsp3) is 0.571. The predicted molar refractivity (Wildman–Crippen MR) is 61.1 cm³/mol. The summed E-state index contributed by atoms with van der Waals surface area (Å²) in [6.45, 7) is 3.88. The molecule has 0 aliphatic heterocycles. The summed E-state index contributed by atoms with van der Waals surface area (Å²) in [5.74, 6) is 0.166. The Labute approximate surface area is 104 Å². The van der Waals surface area contributed by atoms with Crippen molar-refractivity contribution in [1.29, 1.82) is 0 Å². The molecule has 0 radical (unpaired) electrons. The van der Waals surface area contributed by atoms with Crippen LogP contribution in [0.3, 0.4) is 0 Å². The number of fused-ring (bicyclic) bond motifs is 5. The van der Waals surface area contributed by atoms with Crippen LogP contribution in [0, 0.1) is 5.41 Å². The van der Waals surface area contributed by atoms with Gasteiger partial charge in [0, 0.05) is 5.41 Å². The topological polar surface area (TPSA) is 20.2 Å². The average molecular weight is 256 g/mol. The summed E-state index contributed by atoms with van der Waals surface area (Å²) in [5.41, 5.74) is -0.772. The van der Waals surface area contributed by atoms with Gasteiger partial charge in [-0.3, -0.25) is 0 Å². The van der Waals surface area contributed by atoms with Gasteiger partial charge in [-0.25, -0.2) is 0 Å². The second-order valence-electron chi connectivity index (χ2n) is 5.97. The minimum absolute atomic E-state index is 0.166. The maximum atomic E-state index is 12.7. The van der Waals surface area contributed by atoms with Crippen molar-refractivity contribution in [3.05, 3.63) is 34.9 Å². The van der Waals surface area contributed by atoms with Crippen molar-refractivity contribution in [2.24, 2.45) is 5.41 Å². The fourth-order valence-electron chi connectivity index (χ4n) is 3.75. The van der Waals surface area contributed by atoms with Gasteiger partial charge < -0.3 is 5.11 Å². The lowest BCUT2D eigenvalue weighted by atomic mass is 9.77. The number of aliphatic hydroxyl groups is 1. The van der Waals surface area contributed by atoms with E-state index in [1.54, 1.807) is 6.07 Å². The molecule has 2 bridgehead atoms. The first-order valence-corrected chi connectivity index (χ1v) is 6.12. The van der Waals surface area contributed by atoms with Crippen LogP contribution in [0.5, 0.6) is 0 Å². The maximum Gasteiger partial charge on any atom is 0.416 e. The van der Waals surface area contributed by atoms with E-state index in [4.69, 9.17) is 0 Å². The highest BCUT2D eigenvalue weighted by Crippen LogP contribution is 2.66. The van der Waals surface area contributed by atoms with Crippen molar-refractivity contribution in [2.45, 2.75) is 44.4 Å². The molecule has 0 aromatic heterocycles. The van der Waals surface area contributed by atoms with Gasteiger partial charge >= 0.3 is 6.18 Å². The Morgan fingerprint density at radius 3 is 2.56 bits per heavy atom. The molecule has 4 heteroatoms. The molecule has 1 nitrogen and oxygen atoms in total. The third kappa shape index (κ3) is 1.22. The van der Waals surface area contributed by atoms with Gasteiger partial charge in [-0.05, 0) is 42.0 Å². The van der Waals surface area contributed by atoms with Gasteiger partial charge in [0.2, 0.25) is 0 Å². The zero-order chi connectivity index (χ0) is 13.3. The number of halogens is 3. The molecule has 2 atom stereocenters. The Hall–Kier alpha value is -1.03. The number of benzene rings is 1. The molecule has 0 spiro atoms. The van der Waals surface area contributed by atoms with E-state index in [9.17, 15) is 18.3 Å². The monoisotopic (exact) mass is 256 g/mol. The maximum absolute atomic E-state index is 12.7. The number of hydrogen-bond donors (Lipinski definition) is 1. The predicted octanol–water partition coefficient (Wildman–Crippen LogP) is 3.81. The molecule has 1 N–H and O–H groups in total. The lowest BCUT2D eigenvalue weighted by Gasteiger charge is -2.33. The van der Waals surface area contributed by atoms with Gasteiger partial charge in [0.15, 0.2) is 0 Å². The first kappa shape index (κ1) is 12.0. The summed E-state index contributed by atoms with van der Waals surface area (Å²) >= 11 is 0. The van der Waals surface area contributed by atoms with Crippen LogP contribution in [0.1, 0.15) is 49.3 Å². The van der Waals surface area contributed by atoms with Gasteiger partial charge in [-0.15, -0.1) is 0 Å². The van der Waals surface area contributed by atoms with Crippen LogP contribution in [0.25, 0.3) is 0 Å². The Balaban J connectivity index is 2.20. The van der Waals surface area contributed by atoms with Crippen LogP contribution in [-0.4, -0.2) is 5.11 Å². The standard InChI is InChI=1S/C14H15F3O/c1-12(2)10-5-6-13(12,18)11-7-8(14(15,16)17)3-4-9(10)11/h3-4,7,10,18H,5-6H2,1-2H3. The smallest absolute Gasteiger partial charge is 0.385 e. The van der Waals surface area contributed by atoms with Crippen LogP contribution in [0.4, 0.5) is 13.2 Å². The van der Waals surface area contributed by atoms with E-state index in [2.05, 4.69) is 0 Å². The van der Waals surface area contributed by atoms with Crippen LogP contribution in [0.2, 0.25) is 0 Å². The van der Waals surface area contributed by atoms with E-state index in [0.29, 0.717) is 12.0 Å². The molecular weight excluding hydrogens is 241 g/mol. The van der Waals surface area contributed by atoms with E-state index in [1.165, 1.54) is 0 Å². The van der Waals surface area contributed by atoms with Crippen LogP contribution in [0.15, 0.2) is 18.2 Å². The van der Waals surface area contributed by atoms with Crippen LogP contribution < -0.4 is 0 Å². The molecule has 2 aliphatic carbocycles. The largest absolute Gasteiger partial charge is 0.416 e. The molecule has 3 rings (SSSR count). The summed E-state index contributed by atoms with van der Waals surface area (Å²) < 4.78 is 38.2. The Morgan fingerprint density at radius 1 is 1.28 bits per heavy atom. The molecule has 2 unspecified atom stereocenters. The summed E-state index contributed by atoms with van der Waals surface area (Å²) in [6.07, 6.45) is -2.95. The third-order valence-electron chi connectivity index (χ3n) is 4.93. The molecule has 0 saturated heterocycles. The van der Waals surface area contributed by atoms with E-state index in [0.717, 1.165) is 24.1 Å². The van der Waals surface area contributed by atoms with Gasteiger partial charge in [0.25, 0.3) is 0 Å². The summed E-state index contributed by atoms with van der Waals surface area (Å²) in [5, 5.41) is 10.7. The lowest BCUT2D eigenvalue weighted by Crippen LogP contribution is -2.34. The van der Waals surface area contributed by atoms with Gasteiger partial charge in [-0.1, -0.05) is 19.9 Å². The second kappa shape index (κ2) is 3.10. The summed E-state index contributed by atoms with van der Waals surface area (Å²) in [6, 6.07) is 3.80. The minimum Gasteiger partial charge on any atom is -0.385 e. The molecule has 18 heavy (non-hydrogen) atoms. The second-order valence-corrected chi connectivity index (χ2v) is 5.97.